The molecule has 0 spiro atoms. The predicted molar refractivity (Wildman–Crippen MR) is 216 cm³/mol. The van der Waals surface area contributed by atoms with E-state index in [0.29, 0.717) is 6.42 Å². The molecule has 0 amide bonds. The summed E-state index contributed by atoms with van der Waals surface area (Å²) in [5.74, 6) is 13.2. The summed E-state index contributed by atoms with van der Waals surface area (Å²) in [6.07, 6.45) is 2.10. The molecule has 1 saturated carbocycles. The van der Waals surface area contributed by atoms with Crippen molar-refractivity contribution in [3.8, 4) is 47.9 Å². The van der Waals surface area contributed by atoms with E-state index in [1.165, 1.54) is 44.9 Å². The first kappa shape index (κ1) is 54.3. The Bertz CT molecular complexity index is 1640. The average molecular weight is 888 g/mol. The van der Waals surface area contributed by atoms with Gasteiger partial charge >= 0.3 is 35.4 Å². The molecule has 4 unspecified atom stereocenters. The van der Waals surface area contributed by atoms with Gasteiger partial charge < -0.3 is 55.4 Å². The third kappa shape index (κ3) is 25.4. The van der Waals surface area contributed by atoms with Crippen LogP contribution in [0.25, 0.3) is 0 Å². The van der Waals surface area contributed by atoms with Crippen LogP contribution in [-0.2, 0) is 50.9 Å². The number of ether oxygens (including phenoxy) is 2. The van der Waals surface area contributed by atoms with Crippen molar-refractivity contribution >= 4 is 35.4 Å². The number of carbonyl (C=O) groups is 2. The van der Waals surface area contributed by atoms with Crippen LogP contribution in [0.15, 0.2) is 0 Å². The summed E-state index contributed by atoms with van der Waals surface area (Å²) in [6, 6.07) is 0. The van der Waals surface area contributed by atoms with Crippen LogP contribution in [0.3, 0.4) is 0 Å². The van der Waals surface area contributed by atoms with Crippen molar-refractivity contribution in [1.82, 2.24) is 6.15 Å². The molecule has 11 N–H and O–H groups in total. The van der Waals surface area contributed by atoms with E-state index in [9.17, 15) is 53.3 Å². The first-order valence-corrected chi connectivity index (χ1v) is 22.4. The highest BCUT2D eigenvalue weighted by molar-refractivity contribution is 7.47. The van der Waals surface area contributed by atoms with Crippen molar-refractivity contribution in [3.05, 3.63) is 0 Å². The molecular formula is C34H68NO19P3. The van der Waals surface area contributed by atoms with E-state index in [0.717, 1.165) is 32.1 Å². The maximum Gasteiger partial charge on any atom is 0.472 e. The Morgan fingerprint density at radius 1 is 0.649 bits per heavy atom. The van der Waals surface area contributed by atoms with Crippen molar-refractivity contribution in [3.63, 3.8) is 0 Å². The number of aliphatic hydroxyl groups is 3. The van der Waals surface area contributed by atoms with Gasteiger partial charge in [-0.15, -0.1) is 6.42 Å². The van der Waals surface area contributed by atoms with Crippen LogP contribution in [0.2, 0.25) is 0 Å². The highest BCUT2D eigenvalue weighted by Gasteiger charge is 2.56. The Balaban J connectivity index is -0.000000653. The lowest BCUT2D eigenvalue weighted by molar-refractivity contribution is -0.213. The van der Waals surface area contributed by atoms with Crippen LogP contribution in [0, 0.1) is 47.9 Å². The summed E-state index contributed by atoms with van der Waals surface area (Å²) in [5, 5.41) is 31.5. The van der Waals surface area contributed by atoms with Crippen LogP contribution in [0.4, 0.5) is 0 Å². The van der Waals surface area contributed by atoms with E-state index in [1.807, 2.05) is 11.8 Å². The number of aliphatic hydroxyl groups excluding tert-OH is 3. The summed E-state index contributed by atoms with van der Waals surface area (Å²) in [4.78, 5) is 71.9. The molecule has 0 aromatic rings. The molecule has 0 aromatic heterocycles. The molecule has 1 rings (SSSR count). The van der Waals surface area contributed by atoms with Crippen molar-refractivity contribution in [2.24, 2.45) is 0 Å². The third-order valence-electron chi connectivity index (χ3n) is 7.89. The molecule has 0 aromatic carbocycles. The Hall–Kier alpha value is -2.65. The number of carbonyl (C=O) groups excluding carboxylic acids is 2. The number of terminal acetylenes is 1. The van der Waals surface area contributed by atoms with Gasteiger partial charge in [-0.2, -0.15) is 0 Å². The highest BCUT2D eigenvalue weighted by Crippen LogP contribution is 2.51. The normalized spacial score (nSPS) is 22.0. The lowest BCUT2D eigenvalue weighted by atomic mass is 9.85. The monoisotopic (exact) mass is 887 g/mol. The number of phosphoric ester groups is 3. The van der Waals surface area contributed by atoms with Gasteiger partial charge in [-0.1, -0.05) is 84.0 Å². The summed E-state index contributed by atoms with van der Waals surface area (Å²) in [5.41, 5.74) is 0. The zero-order valence-corrected chi connectivity index (χ0v) is 34.2. The molecule has 23 heteroatoms. The summed E-state index contributed by atoms with van der Waals surface area (Å²) >= 11 is 0. The average Bonchev–Trinajstić information content (AvgIpc) is 3.11. The van der Waals surface area contributed by atoms with E-state index >= 15 is 0 Å². The largest absolute Gasteiger partial charge is 0.472 e. The first-order valence-electron chi connectivity index (χ1n) is 17.8. The second-order valence-electron chi connectivity index (χ2n) is 12.5. The number of phosphoric acid groups is 3. The smallest absolute Gasteiger partial charge is 0.456 e. The van der Waals surface area contributed by atoms with Crippen molar-refractivity contribution in [2.75, 3.05) is 13.2 Å². The van der Waals surface area contributed by atoms with Gasteiger partial charge in [0.25, 0.3) is 0 Å². The molecule has 0 saturated heterocycles. The Kier molecular flexibility index (Phi) is 27.4. The zero-order chi connectivity index (χ0) is 42.2. The highest BCUT2D eigenvalue weighted by atomic mass is 31.2. The second kappa shape index (κ2) is 28.7. The number of esters is 2. The molecule has 0 heterocycles. The number of hydrogen-bond donors (Lipinski definition) is 9. The minimum Gasteiger partial charge on any atom is -0.456 e. The maximum absolute atomic E-state index is 12.9. The molecule has 57 heavy (non-hydrogen) atoms. The van der Waals surface area contributed by atoms with Gasteiger partial charge in [-0.3, -0.25) is 22.9 Å². The second-order valence-corrected chi connectivity index (χ2v) is 16.3. The summed E-state index contributed by atoms with van der Waals surface area (Å²) < 4.78 is 64.2. The topological polar surface area (TPSA) is 338 Å². The Morgan fingerprint density at radius 3 is 1.61 bits per heavy atom. The SMILES string of the molecule is C#CC#CC#CC#CC(=O)OC[C@H](COP(=O)(O)OC1C(O)[C@H](O)[C@H](OP(=O)(O)O)C(OP(=O)(O)O)[C@@H]1O)OC(=O)CCCCCCCCCCCCCCC.N.[HH].[HH].[HH].[HH].[HH].[HH].[HH]. The van der Waals surface area contributed by atoms with Crippen LogP contribution in [0.1, 0.15) is 107 Å². The number of unbranched alkanes of at least 4 members (excludes halogenated alkanes) is 12. The standard InChI is InChI=1S/C34H51O19P3.H3N.7H2/c1-3-5-7-9-11-12-13-14-15-16-17-19-21-23-28(36)50-26(24-48-27(35)22-20-18-10-8-6-4-2)25-49-56(46,47)53-32-29(37)30(38)33(51-54(40,41)42)34(31(32)39)52-55(43,44)45;;;;;;;;/h2,26,29-34,37-39H,3,5,7,9,11-17,19,21,23-25H2,1H3,(H,46,47)(H2,40,41,42)(H2,43,44,45);1H3;7*1H/t26-,29?,30+,31-,32?,33+,34?;;;;;;;;/m1......../s1. The molecule has 338 valence electrons. The predicted octanol–water partition coefficient (Wildman–Crippen LogP) is 4.00. The minimum absolute atomic E-state index is 0. The van der Waals surface area contributed by atoms with E-state index in [-0.39, 0.29) is 22.6 Å². The van der Waals surface area contributed by atoms with Gasteiger partial charge in [0.2, 0.25) is 0 Å². The van der Waals surface area contributed by atoms with Crippen LogP contribution in [0.5, 0.6) is 0 Å². The van der Waals surface area contributed by atoms with Crippen molar-refractivity contribution in [2.45, 2.75) is 140 Å². The van der Waals surface area contributed by atoms with E-state index < -0.39 is 91.3 Å². The molecule has 0 bridgehead atoms. The molecule has 1 fully saturated rings. The van der Waals surface area contributed by atoms with E-state index in [2.05, 4.69) is 45.6 Å². The maximum atomic E-state index is 12.9. The van der Waals surface area contributed by atoms with Gasteiger partial charge in [0.05, 0.1) is 6.61 Å². The number of rotatable bonds is 26. The molecule has 20 nitrogen and oxygen atoms in total. The quantitative estimate of drug-likeness (QED) is 0.0195. The fraction of sp³-hybridized carbons (Fsp3) is 0.706. The zero-order valence-electron chi connectivity index (χ0n) is 31.5. The molecule has 0 radical (unpaired) electrons. The Labute approximate surface area is 342 Å². The molecule has 1 aliphatic carbocycles. The summed E-state index contributed by atoms with van der Waals surface area (Å²) in [6.45, 7) is 0.396. The minimum atomic E-state index is -5.62. The lowest BCUT2D eigenvalue weighted by Gasteiger charge is -2.44. The van der Waals surface area contributed by atoms with Gasteiger partial charge in [0.1, 0.15) is 43.2 Å². The van der Waals surface area contributed by atoms with Crippen LogP contribution < -0.4 is 6.15 Å². The van der Waals surface area contributed by atoms with Gasteiger partial charge in [-0.25, -0.2) is 18.5 Å². The summed E-state index contributed by atoms with van der Waals surface area (Å²) in [7, 11) is -16.7. The van der Waals surface area contributed by atoms with E-state index in [1.54, 1.807) is 0 Å². The van der Waals surface area contributed by atoms with Gasteiger partial charge in [0.15, 0.2) is 6.10 Å². The molecule has 8 atom stereocenters. The first-order chi connectivity index (χ1) is 26.3. The Morgan fingerprint density at radius 2 is 1.11 bits per heavy atom. The molecule has 1 aliphatic rings. The van der Waals surface area contributed by atoms with Crippen molar-refractivity contribution < 1.29 is 101 Å². The van der Waals surface area contributed by atoms with Gasteiger partial charge in [-0.05, 0) is 41.9 Å². The number of hydrogen-bond acceptors (Lipinski definition) is 15. The molecule has 0 aliphatic heterocycles. The third-order valence-corrected chi connectivity index (χ3v) is 9.91. The van der Waals surface area contributed by atoms with Crippen LogP contribution in [-0.4, -0.2) is 108 Å². The fourth-order valence-electron chi connectivity index (χ4n) is 5.28. The lowest BCUT2D eigenvalue weighted by Crippen LogP contribution is -2.65. The van der Waals surface area contributed by atoms with Crippen LogP contribution >= 0.6 is 23.5 Å². The van der Waals surface area contributed by atoms with Gasteiger partial charge in [0, 0.05) is 22.3 Å². The fourth-order valence-corrected chi connectivity index (χ4v) is 7.38. The molecular weight excluding hydrogens is 819 g/mol. The van der Waals surface area contributed by atoms with Crippen molar-refractivity contribution in [1.29, 1.82) is 0 Å². The van der Waals surface area contributed by atoms with E-state index in [4.69, 9.17) is 34.7 Å².